The van der Waals surface area contributed by atoms with Crippen molar-refractivity contribution in [2.75, 3.05) is 4.90 Å². The summed E-state index contributed by atoms with van der Waals surface area (Å²) in [6.45, 7) is 0. The highest BCUT2D eigenvalue weighted by Gasteiger charge is 2.49. The van der Waals surface area contributed by atoms with Crippen LogP contribution in [-0.2, 0) is 5.41 Å². The topological polar surface area (TPSA) is 16.4 Å². The minimum absolute atomic E-state index is 0.639. The molecule has 0 atom stereocenters. The Kier molecular flexibility index (Phi) is 9.83. The molecule has 2 aliphatic rings. The summed E-state index contributed by atoms with van der Waals surface area (Å²) in [6.07, 6.45) is 0. The third-order valence-electron chi connectivity index (χ3n) is 15.9. The van der Waals surface area contributed by atoms with Crippen molar-refractivity contribution in [1.82, 2.24) is 0 Å². The van der Waals surface area contributed by atoms with Gasteiger partial charge in [-0.1, -0.05) is 243 Å². The molecule has 0 radical (unpaired) electrons. The van der Waals surface area contributed by atoms with Crippen molar-refractivity contribution < 1.29 is 4.42 Å². The van der Waals surface area contributed by atoms with Crippen molar-refractivity contribution in [2.45, 2.75) is 5.41 Å². The summed E-state index contributed by atoms with van der Waals surface area (Å²) in [4.78, 5) is 2.38. The zero-order valence-corrected chi connectivity index (χ0v) is 41.0. The second-order valence-electron chi connectivity index (χ2n) is 19.8. The van der Waals surface area contributed by atoms with Crippen LogP contribution in [0, 0.1) is 0 Å². The first-order valence-corrected chi connectivity index (χ1v) is 25.9. The quantitative estimate of drug-likeness (QED) is 0.165. The lowest BCUT2D eigenvalue weighted by Crippen LogP contribution is -2.30. The third kappa shape index (κ3) is 6.60. The fraction of sp³-hybridized carbons (Fsp3) is 0.0137. The van der Waals surface area contributed by atoms with Crippen LogP contribution in [0.25, 0.3) is 99.8 Å². The molecule has 0 amide bonds. The highest BCUT2D eigenvalue weighted by Crippen LogP contribution is 2.62. The number of hydrogen-bond donors (Lipinski definition) is 0. The lowest BCUT2D eigenvalue weighted by atomic mass is 9.64. The summed E-state index contributed by atoms with van der Waals surface area (Å²) in [7, 11) is 0. The molecule has 0 saturated carbocycles. The van der Waals surface area contributed by atoms with E-state index in [1.54, 1.807) is 0 Å². The van der Waals surface area contributed by atoms with E-state index in [0.29, 0.717) is 0 Å². The average Bonchev–Trinajstić information content (AvgIpc) is 4.04. The summed E-state index contributed by atoms with van der Waals surface area (Å²) in [6, 6.07) is 105. The van der Waals surface area contributed by atoms with Gasteiger partial charge in [0.1, 0.15) is 11.2 Å². The summed E-state index contributed by atoms with van der Waals surface area (Å²) >= 11 is 0. The van der Waals surface area contributed by atoms with E-state index in [1.807, 2.05) is 6.07 Å². The Morgan fingerprint density at radius 1 is 0.253 bits per heavy atom. The highest BCUT2D eigenvalue weighted by atomic mass is 16.3. The molecule has 1 heterocycles. The molecule has 350 valence electrons. The molecule has 1 aromatic heterocycles. The van der Waals surface area contributed by atoms with Crippen molar-refractivity contribution in [3.63, 3.8) is 0 Å². The van der Waals surface area contributed by atoms with E-state index in [-0.39, 0.29) is 0 Å². The number of fused-ring (bicyclic) bond motifs is 17. The average molecular weight is 954 g/mol. The highest BCUT2D eigenvalue weighted by molar-refractivity contribution is 6.10. The molecule has 0 N–H and O–H groups in total. The fourth-order valence-electron chi connectivity index (χ4n) is 12.7. The Morgan fingerprint density at radius 2 is 0.680 bits per heavy atom. The standard InChI is InChI=1S/C73H47NO/c1-2-19-48(20-3-1)49-39-43-52(44-40-49)74(54-22-16-21-51(47-54)56-32-17-33-64-63-29-11-15-38-70(63)75-72(56)64)53-45-41-50(42-46-53)55-31-18-37-69-71(55)65-30-10-14-36-68(65)73(69)66-34-12-8-27-61(66)59-25-6-4-23-57(59)58-24-5-7-26-60(58)62-28-9-13-35-67(62)73/h1-47H. The van der Waals surface area contributed by atoms with Gasteiger partial charge in [0.2, 0.25) is 0 Å². The van der Waals surface area contributed by atoms with Crippen LogP contribution >= 0.6 is 0 Å². The number of para-hydroxylation sites is 2. The van der Waals surface area contributed by atoms with Crippen molar-refractivity contribution in [3.8, 4) is 77.9 Å². The smallest absolute Gasteiger partial charge is 0.143 e. The lowest BCUT2D eigenvalue weighted by Gasteiger charge is -2.37. The zero-order valence-electron chi connectivity index (χ0n) is 41.0. The molecule has 13 aromatic rings. The monoisotopic (exact) mass is 953 g/mol. The van der Waals surface area contributed by atoms with Crippen LogP contribution in [0.15, 0.2) is 290 Å². The Hall–Kier alpha value is -9.76. The van der Waals surface area contributed by atoms with E-state index in [9.17, 15) is 0 Å². The lowest BCUT2D eigenvalue weighted by molar-refractivity contribution is 0.670. The van der Waals surface area contributed by atoms with Gasteiger partial charge >= 0.3 is 0 Å². The Bertz CT molecular complexity index is 4260. The molecule has 15 rings (SSSR count). The molecule has 1 spiro atoms. The van der Waals surface area contributed by atoms with Gasteiger partial charge in [-0.25, -0.2) is 0 Å². The van der Waals surface area contributed by atoms with Gasteiger partial charge < -0.3 is 9.32 Å². The molecule has 2 nitrogen and oxygen atoms in total. The normalized spacial score (nSPS) is 12.6. The molecule has 2 aliphatic carbocycles. The van der Waals surface area contributed by atoms with Crippen molar-refractivity contribution in [2.24, 2.45) is 0 Å². The predicted molar refractivity (Wildman–Crippen MR) is 312 cm³/mol. The Labute approximate surface area is 436 Å². The van der Waals surface area contributed by atoms with Crippen LogP contribution in [0.1, 0.15) is 22.3 Å². The van der Waals surface area contributed by atoms with Crippen molar-refractivity contribution >= 4 is 39.0 Å². The number of benzene rings is 12. The largest absolute Gasteiger partial charge is 0.455 e. The molecule has 0 fully saturated rings. The maximum absolute atomic E-state index is 6.57. The predicted octanol–water partition coefficient (Wildman–Crippen LogP) is 19.7. The van der Waals surface area contributed by atoms with Gasteiger partial charge in [-0.15, -0.1) is 0 Å². The van der Waals surface area contributed by atoms with E-state index >= 15 is 0 Å². The number of rotatable bonds is 6. The summed E-state index contributed by atoms with van der Waals surface area (Å²) in [5.74, 6) is 0. The molecule has 0 aliphatic heterocycles. The van der Waals surface area contributed by atoms with E-state index in [0.717, 1.165) is 55.7 Å². The molecule has 75 heavy (non-hydrogen) atoms. The van der Waals surface area contributed by atoms with Crippen LogP contribution in [-0.4, -0.2) is 0 Å². The van der Waals surface area contributed by atoms with Gasteiger partial charge in [0.25, 0.3) is 0 Å². The first kappa shape index (κ1) is 42.9. The first-order valence-electron chi connectivity index (χ1n) is 25.9. The van der Waals surface area contributed by atoms with Crippen LogP contribution in [0.3, 0.4) is 0 Å². The van der Waals surface area contributed by atoms with Gasteiger partial charge in [-0.05, 0) is 137 Å². The van der Waals surface area contributed by atoms with Crippen LogP contribution in [0.4, 0.5) is 17.1 Å². The van der Waals surface area contributed by atoms with Crippen LogP contribution in [0.5, 0.6) is 0 Å². The first-order chi connectivity index (χ1) is 37.2. The van der Waals surface area contributed by atoms with Gasteiger partial charge in [0.05, 0.1) is 5.41 Å². The van der Waals surface area contributed by atoms with Gasteiger partial charge in [0, 0.05) is 33.4 Å². The number of furan rings is 1. The van der Waals surface area contributed by atoms with Crippen LogP contribution in [0.2, 0.25) is 0 Å². The second-order valence-corrected chi connectivity index (χ2v) is 19.8. The molecule has 0 unspecified atom stereocenters. The van der Waals surface area contributed by atoms with Crippen LogP contribution < -0.4 is 4.90 Å². The maximum Gasteiger partial charge on any atom is 0.143 e. The molecular formula is C73H47NO. The summed E-state index contributed by atoms with van der Waals surface area (Å²) in [5.41, 5.74) is 26.3. The summed E-state index contributed by atoms with van der Waals surface area (Å²) in [5, 5.41) is 2.24. The van der Waals surface area contributed by atoms with Gasteiger partial charge in [-0.3, -0.25) is 0 Å². The van der Waals surface area contributed by atoms with E-state index in [1.165, 1.54) is 83.5 Å². The number of hydrogen-bond acceptors (Lipinski definition) is 2. The molecule has 2 heteroatoms. The van der Waals surface area contributed by atoms with Crippen molar-refractivity contribution in [1.29, 1.82) is 0 Å². The van der Waals surface area contributed by atoms with E-state index in [4.69, 9.17) is 4.42 Å². The SMILES string of the molecule is c1ccc(-c2ccc(N(c3ccc(-c4cccc5c4-c4ccccc4C54c5ccccc5-c5ccccc5-c5ccccc5-c5ccccc54)cc3)c3cccc(-c4cccc5c4oc4ccccc45)c3)cc2)cc1. The van der Waals surface area contributed by atoms with E-state index in [2.05, 4.69) is 284 Å². The second kappa shape index (κ2) is 17.2. The molecule has 12 aromatic carbocycles. The minimum atomic E-state index is -0.639. The van der Waals surface area contributed by atoms with E-state index < -0.39 is 5.41 Å². The fourth-order valence-corrected chi connectivity index (χ4v) is 12.7. The molecule has 0 bridgehead atoms. The van der Waals surface area contributed by atoms with Gasteiger partial charge in [0.15, 0.2) is 0 Å². The Balaban J connectivity index is 0.911. The third-order valence-corrected chi connectivity index (χ3v) is 15.9. The molecule has 0 saturated heterocycles. The zero-order chi connectivity index (χ0) is 49.5. The molecular weight excluding hydrogens is 907 g/mol. The number of nitrogens with zero attached hydrogens (tertiary/aromatic N) is 1. The minimum Gasteiger partial charge on any atom is -0.455 e. The van der Waals surface area contributed by atoms with Gasteiger partial charge in [-0.2, -0.15) is 0 Å². The maximum atomic E-state index is 6.57. The summed E-state index contributed by atoms with van der Waals surface area (Å²) < 4.78 is 6.57. The number of anilines is 3. The van der Waals surface area contributed by atoms with Crippen molar-refractivity contribution in [3.05, 3.63) is 307 Å². The Morgan fingerprint density at radius 3 is 1.33 bits per heavy atom.